The third-order valence-electron chi connectivity index (χ3n) is 3.70. The summed E-state index contributed by atoms with van der Waals surface area (Å²) in [6, 6.07) is 0.871. The number of nitrogens with one attached hydrogen (secondary N) is 1. The van der Waals surface area contributed by atoms with E-state index in [-0.39, 0.29) is 0 Å². The number of rotatable bonds is 1. The lowest BCUT2D eigenvalue weighted by Crippen LogP contribution is -2.35. The average Bonchev–Trinajstić information content (AvgIpc) is 2.27. The Balaban J connectivity index is 1.96. The molecule has 1 nitrogen and oxygen atoms in total. The summed E-state index contributed by atoms with van der Waals surface area (Å²) in [5.74, 6) is 2.09. The molecule has 2 bridgehead atoms. The summed E-state index contributed by atoms with van der Waals surface area (Å²) in [5, 5.41) is 3.68. The van der Waals surface area contributed by atoms with E-state index in [4.69, 9.17) is 0 Å². The van der Waals surface area contributed by atoms with E-state index in [1.165, 1.54) is 45.1 Å². The first kappa shape index (κ1) is 8.55. The summed E-state index contributed by atoms with van der Waals surface area (Å²) in [4.78, 5) is 0. The first-order chi connectivity index (χ1) is 5.88. The largest absolute Gasteiger partial charge is 0.314 e. The van der Waals surface area contributed by atoms with Gasteiger partial charge in [-0.15, -0.1) is 0 Å². The van der Waals surface area contributed by atoms with Crippen LogP contribution in [0.2, 0.25) is 0 Å². The van der Waals surface area contributed by atoms with Gasteiger partial charge in [0.05, 0.1) is 0 Å². The predicted molar refractivity (Wildman–Crippen MR) is 52.1 cm³/mol. The molecule has 1 N–H and O–H groups in total. The van der Waals surface area contributed by atoms with Crippen molar-refractivity contribution >= 4 is 0 Å². The smallest absolute Gasteiger partial charge is 0.00723 e. The molecule has 1 heterocycles. The molecule has 1 aliphatic heterocycles. The van der Waals surface area contributed by atoms with Gasteiger partial charge >= 0.3 is 0 Å². The summed E-state index contributed by atoms with van der Waals surface area (Å²) < 4.78 is 0. The molecule has 1 saturated heterocycles. The molecular weight excluding hydrogens is 146 g/mol. The third kappa shape index (κ3) is 1.82. The van der Waals surface area contributed by atoms with Crippen molar-refractivity contribution in [2.75, 3.05) is 6.54 Å². The molecule has 0 aromatic carbocycles. The van der Waals surface area contributed by atoms with Crippen LogP contribution in [0.15, 0.2) is 0 Å². The highest BCUT2D eigenvalue weighted by molar-refractivity contribution is 4.84. The molecule has 0 radical (unpaired) electrons. The van der Waals surface area contributed by atoms with Crippen molar-refractivity contribution in [3.8, 4) is 0 Å². The molecule has 0 aromatic heterocycles. The predicted octanol–water partition coefficient (Wildman–Crippen LogP) is 2.56. The standard InChI is InChI=1S/C11H21N/c1-2-9-6-10-4-3-5-12-11(7-9)8-10/h9-12H,2-8H2,1H3. The summed E-state index contributed by atoms with van der Waals surface area (Å²) in [5.41, 5.74) is 0. The molecule has 1 heteroatoms. The Hall–Kier alpha value is -0.0400. The van der Waals surface area contributed by atoms with Crippen LogP contribution >= 0.6 is 0 Å². The molecule has 2 fully saturated rings. The van der Waals surface area contributed by atoms with Gasteiger partial charge in [0, 0.05) is 6.04 Å². The van der Waals surface area contributed by atoms with Gasteiger partial charge in [0.25, 0.3) is 0 Å². The molecule has 0 amide bonds. The molecule has 1 aliphatic carbocycles. The van der Waals surface area contributed by atoms with Crippen LogP contribution in [-0.4, -0.2) is 12.6 Å². The summed E-state index contributed by atoms with van der Waals surface area (Å²) in [7, 11) is 0. The third-order valence-corrected chi connectivity index (χ3v) is 3.70. The van der Waals surface area contributed by atoms with Crippen molar-refractivity contribution in [3.05, 3.63) is 0 Å². The quantitative estimate of drug-likeness (QED) is 0.633. The van der Waals surface area contributed by atoms with Gasteiger partial charge in [0.2, 0.25) is 0 Å². The lowest BCUT2D eigenvalue weighted by Gasteiger charge is -2.32. The molecule has 12 heavy (non-hydrogen) atoms. The first-order valence-corrected chi connectivity index (χ1v) is 5.62. The highest BCUT2D eigenvalue weighted by Gasteiger charge is 2.28. The molecule has 0 aromatic rings. The molecule has 2 rings (SSSR count). The van der Waals surface area contributed by atoms with Crippen molar-refractivity contribution in [2.24, 2.45) is 11.8 Å². The minimum absolute atomic E-state index is 0.871. The van der Waals surface area contributed by atoms with Gasteiger partial charge in [-0.3, -0.25) is 0 Å². The van der Waals surface area contributed by atoms with Crippen molar-refractivity contribution in [2.45, 2.75) is 51.5 Å². The Labute approximate surface area is 75.9 Å². The van der Waals surface area contributed by atoms with Gasteiger partial charge < -0.3 is 5.32 Å². The van der Waals surface area contributed by atoms with E-state index in [0.717, 1.165) is 17.9 Å². The maximum Gasteiger partial charge on any atom is 0.00723 e. The van der Waals surface area contributed by atoms with Gasteiger partial charge in [0.15, 0.2) is 0 Å². The molecule has 3 atom stereocenters. The van der Waals surface area contributed by atoms with E-state index in [2.05, 4.69) is 12.2 Å². The van der Waals surface area contributed by atoms with Crippen molar-refractivity contribution < 1.29 is 0 Å². The Morgan fingerprint density at radius 2 is 2.17 bits per heavy atom. The van der Waals surface area contributed by atoms with E-state index in [0.29, 0.717) is 0 Å². The summed E-state index contributed by atoms with van der Waals surface area (Å²) in [6.07, 6.45) is 8.74. The lowest BCUT2D eigenvalue weighted by molar-refractivity contribution is 0.223. The molecule has 0 spiro atoms. The monoisotopic (exact) mass is 167 g/mol. The summed E-state index contributed by atoms with van der Waals surface area (Å²) >= 11 is 0. The van der Waals surface area contributed by atoms with Crippen molar-refractivity contribution in [1.29, 1.82) is 0 Å². The van der Waals surface area contributed by atoms with E-state index < -0.39 is 0 Å². The zero-order valence-electron chi connectivity index (χ0n) is 8.18. The van der Waals surface area contributed by atoms with E-state index in [1.807, 2.05) is 0 Å². The zero-order chi connectivity index (χ0) is 8.39. The minimum atomic E-state index is 0.871. The number of fused-ring (bicyclic) bond motifs is 2. The van der Waals surface area contributed by atoms with Crippen LogP contribution in [0.5, 0.6) is 0 Å². The summed E-state index contributed by atoms with van der Waals surface area (Å²) in [6.45, 7) is 3.62. The van der Waals surface area contributed by atoms with Crippen LogP contribution in [0, 0.1) is 11.8 Å². The fourth-order valence-corrected chi connectivity index (χ4v) is 3.00. The highest BCUT2D eigenvalue weighted by Crippen LogP contribution is 2.35. The Morgan fingerprint density at radius 1 is 1.25 bits per heavy atom. The van der Waals surface area contributed by atoms with E-state index in [9.17, 15) is 0 Å². The van der Waals surface area contributed by atoms with Crippen molar-refractivity contribution in [3.63, 3.8) is 0 Å². The van der Waals surface area contributed by atoms with Crippen LogP contribution in [-0.2, 0) is 0 Å². The van der Waals surface area contributed by atoms with Gasteiger partial charge in [-0.25, -0.2) is 0 Å². The van der Waals surface area contributed by atoms with E-state index in [1.54, 1.807) is 0 Å². The number of hydrogen-bond donors (Lipinski definition) is 1. The molecule has 2 aliphatic rings. The van der Waals surface area contributed by atoms with Crippen LogP contribution < -0.4 is 5.32 Å². The fraction of sp³-hybridized carbons (Fsp3) is 1.00. The molecule has 1 saturated carbocycles. The second kappa shape index (κ2) is 3.78. The fourth-order valence-electron chi connectivity index (χ4n) is 3.00. The van der Waals surface area contributed by atoms with Gasteiger partial charge in [0.1, 0.15) is 0 Å². The normalized spacial score (nSPS) is 42.2. The van der Waals surface area contributed by atoms with Crippen LogP contribution in [0.25, 0.3) is 0 Å². The first-order valence-electron chi connectivity index (χ1n) is 5.62. The molecular formula is C11H21N. The van der Waals surface area contributed by atoms with Crippen LogP contribution in [0.4, 0.5) is 0 Å². The lowest BCUT2D eigenvalue weighted by atomic mass is 9.77. The van der Waals surface area contributed by atoms with Gasteiger partial charge in [-0.05, 0) is 50.5 Å². The SMILES string of the molecule is CCC1CC2CCCNC(C1)C2. The Kier molecular flexibility index (Phi) is 2.69. The van der Waals surface area contributed by atoms with Crippen LogP contribution in [0.3, 0.4) is 0 Å². The number of hydrogen-bond acceptors (Lipinski definition) is 1. The van der Waals surface area contributed by atoms with E-state index >= 15 is 0 Å². The minimum Gasteiger partial charge on any atom is -0.314 e. The maximum atomic E-state index is 3.68. The molecule has 70 valence electrons. The second-order valence-corrected chi connectivity index (χ2v) is 4.64. The highest BCUT2D eigenvalue weighted by atomic mass is 14.9. The zero-order valence-corrected chi connectivity index (χ0v) is 8.18. The molecule has 3 unspecified atom stereocenters. The topological polar surface area (TPSA) is 12.0 Å². The van der Waals surface area contributed by atoms with Gasteiger partial charge in [-0.2, -0.15) is 0 Å². The maximum absolute atomic E-state index is 3.68. The van der Waals surface area contributed by atoms with Crippen LogP contribution in [0.1, 0.15) is 45.4 Å². The second-order valence-electron chi connectivity index (χ2n) is 4.64. The Morgan fingerprint density at radius 3 is 3.00 bits per heavy atom. The van der Waals surface area contributed by atoms with Gasteiger partial charge in [-0.1, -0.05) is 13.3 Å². The van der Waals surface area contributed by atoms with Crippen molar-refractivity contribution in [1.82, 2.24) is 5.32 Å². The Bertz CT molecular complexity index is 130. The average molecular weight is 167 g/mol.